The summed E-state index contributed by atoms with van der Waals surface area (Å²) in [5.41, 5.74) is 2.51. The highest BCUT2D eigenvalue weighted by atomic mass is 16.5. The van der Waals surface area contributed by atoms with Crippen molar-refractivity contribution in [2.45, 2.75) is 38.5 Å². The zero-order chi connectivity index (χ0) is 20.4. The van der Waals surface area contributed by atoms with Gasteiger partial charge in [0.15, 0.2) is 0 Å². The van der Waals surface area contributed by atoms with Crippen LogP contribution in [0.1, 0.15) is 25.0 Å². The van der Waals surface area contributed by atoms with Crippen LogP contribution in [0.5, 0.6) is 11.5 Å². The van der Waals surface area contributed by atoms with Crippen LogP contribution in [0, 0.1) is 0 Å². The third-order valence-electron chi connectivity index (χ3n) is 6.37. The molecule has 2 aromatic carbocycles. The number of phenols is 1. The van der Waals surface area contributed by atoms with Gasteiger partial charge < -0.3 is 9.84 Å². The molecule has 1 atom stereocenters. The van der Waals surface area contributed by atoms with Gasteiger partial charge in [0.05, 0.1) is 7.11 Å². The fraction of sp³-hybridized carbons (Fsp3) is 0.500. The van der Waals surface area contributed by atoms with Crippen molar-refractivity contribution in [1.82, 2.24) is 14.7 Å². The summed E-state index contributed by atoms with van der Waals surface area (Å²) in [5.74, 6) is 1.31. The van der Waals surface area contributed by atoms with Crippen molar-refractivity contribution in [3.63, 3.8) is 0 Å². The first-order valence-electron chi connectivity index (χ1n) is 10.6. The molecule has 0 spiro atoms. The Morgan fingerprint density at radius 1 is 0.966 bits per heavy atom. The predicted octanol–water partition coefficient (Wildman–Crippen LogP) is 3.18. The van der Waals surface area contributed by atoms with Crippen molar-refractivity contribution in [3.05, 3.63) is 59.7 Å². The largest absolute Gasteiger partial charge is 0.508 e. The number of hydrogen-bond acceptors (Lipinski definition) is 5. The molecule has 2 heterocycles. The molecule has 1 N–H and O–H groups in total. The SMILES string of the molecule is COc1ccc(CN2C[C@@H]3CN(Cc4ccccc4O)CCN3C(C)(C)C2)cc1. The molecule has 2 saturated heterocycles. The van der Waals surface area contributed by atoms with Crippen LogP contribution < -0.4 is 4.74 Å². The number of nitrogens with zero attached hydrogens (tertiary/aromatic N) is 3. The Balaban J connectivity index is 1.43. The molecule has 5 nitrogen and oxygen atoms in total. The smallest absolute Gasteiger partial charge is 0.120 e. The zero-order valence-electron chi connectivity index (χ0n) is 17.8. The maximum absolute atomic E-state index is 10.1. The minimum absolute atomic E-state index is 0.163. The van der Waals surface area contributed by atoms with Crippen LogP contribution >= 0.6 is 0 Å². The van der Waals surface area contributed by atoms with Gasteiger partial charge in [0.2, 0.25) is 0 Å². The van der Waals surface area contributed by atoms with Crippen molar-refractivity contribution in [2.75, 3.05) is 39.8 Å². The summed E-state index contributed by atoms with van der Waals surface area (Å²) in [6, 6.07) is 16.7. The van der Waals surface area contributed by atoms with E-state index in [2.05, 4.69) is 40.7 Å². The highest BCUT2D eigenvalue weighted by Crippen LogP contribution is 2.30. The van der Waals surface area contributed by atoms with E-state index in [1.165, 1.54) is 5.56 Å². The monoisotopic (exact) mass is 395 g/mol. The van der Waals surface area contributed by atoms with Gasteiger partial charge in [-0.25, -0.2) is 0 Å². The molecule has 5 heteroatoms. The first-order valence-corrected chi connectivity index (χ1v) is 10.6. The van der Waals surface area contributed by atoms with E-state index in [0.717, 1.165) is 57.1 Å². The van der Waals surface area contributed by atoms with E-state index in [9.17, 15) is 5.11 Å². The highest BCUT2D eigenvalue weighted by Gasteiger charge is 2.42. The molecule has 0 amide bonds. The van der Waals surface area contributed by atoms with Crippen LogP contribution in [0.4, 0.5) is 0 Å². The molecule has 2 aromatic rings. The van der Waals surface area contributed by atoms with Crippen LogP contribution in [0.15, 0.2) is 48.5 Å². The summed E-state index contributed by atoms with van der Waals surface area (Å²) in [5, 5.41) is 10.1. The summed E-state index contributed by atoms with van der Waals surface area (Å²) < 4.78 is 5.29. The highest BCUT2D eigenvalue weighted by molar-refractivity contribution is 5.31. The van der Waals surface area contributed by atoms with E-state index in [4.69, 9.17) is 4.74 Å². The van der Waals surface area contributed by atoms with Crippen LogP contribution in [0.25, 0.3) is 0 Å². The molecule has 2 fully saturated rings. The third-order valence-corrected chi connectivity index (χ3v) is 6.37. The van der Waals surface area contributed by atoms with Gasteiger partial charge in [0, 0.05) is 63.0 Å². The van der Waals surface area contributed by atoms with Gasteiger partial charge in [-0.15, -0.1) is 0 Å². The van der Waals surface area contributed by atoms with Crippen LogP contribution in [0.2, 0.25) is 0 Å². The van der Waals surface area contributed by atoms with E-state index >= 15 is 0 Å². The maximum Gasteiger partial charge on any atom is 0.120 e. The van der Waals surface area contributed by atoms with Crippen molar-refractivity contribution in [2.24, 2.45) is 0 Å². The van der Waals surface area contributed by atoms with Crippen LogP contribution in [-0.2, 0) is 13.1 Å². The van der Waals surface area contributed by atoms with E-state index in [1.807, 2.05) is 30.3 Å². The molecule has 29 heavy (non-hydrogen) atoms. The van der Waals surface area contributed by atoms with Crippen molar-refractivity contribution in [1.29, 1.82) is 0 Å². The molecule has 0 saturated carbocycles. The molecule has 2 aliphatic heterocycles. The van der Waals surface area contributed by atoms with Gasteiger partial charge in [-0.1, -0.05) is 30.3 Å². The Labute approximate surface area is 174 Å². The molecule has 4 rings (SSSR count). The lowest BCUT2D eigenvalue weighted by molar-refractivity contribution is -0.0685. The van der Waals surface area contributed by atoms with Gasteiger partial charge in [-0.3, -0.25) is 14.7 Å². The lowest BCUT2D eigenvalue weighted by Gasteiger charge is -2.55. The summed E-state index contributed by atoms with van der Waals surface area (Å²) in [6.45, 7) is 11.9. The van der Waals surface area contributed by atoms with Crippen molar-refractivity contribution >= 4 is 0 Å². The van der Waals surface area contributed by atoms with Crippen LogP contribution in [-0.4, -0.2) is 71.2 Å². The standard InChI is InChI=1S/C24H33N3O2/c1-24(2)18-26(14-19-8-10-22(29-3)11-9-19)17-21-16-25(12-13-27(21)24)15-20-6-4-5-7-23(20)28/h4-11,21,28H,12-18H2,1-3H3/t21-/m0/s1. The number of piperazine rings is 2. The lowest BCUT2D eigenvalue weighted by Crippen LogP contribution is -2.69. The van der Waals surface area contributed by atoms with Crippen molar-refractivity contribution in [3.8, 4) is 11.5 Å². The zero-order valence-corrected chi connectivity index (χ0v) is 17.8. The molecule has 0 radical (unpaired) electrons. The van der Waals surface area contributed by atoms with E-state index in [1.54, 1.807) is 13.2 Å². The minimum Gasteiger partial charge on any atom is -0.508 e. The Hall–Kier alpha value is -2.08. The Morgan fingerprint density at radius 3 is 2.41 bits per heavy atom. The summed E-state index contributed by atoms with van der Waals surface area (Å²) in [6.07, 6.45) is 0. The quantitative estimate of drug-likeness (QED) is 0.842. The van der Waals surface area contributed by atoms with E-state index < -0.39 is 0 Å². The van der Waals surface area contributed by atoms with Gasteiger partial charge >= 0.3 is 0 Å². The molecular formula is C24H33N3O2. The average molecular weight is 396 g/mol. The van der Waals surface area contributed by atoms with Gasteiger partial charge in [-0.05, 0) is 37.6 Å². The first kappa shape index (κ1) is 20.2. The Morgan fingerprint density at radius 2 is 1.69 bits per heavy atom. The average Bonchev–Trinajstić information content (AvgIpc) is 2.69. The fourth-order valence-corrected chi connectivity index (χ4v) is 5.01. The fourth-order valence-electron chi connectivity index (χ4n) is 5.01. The van der Waals surface area contributed by atoms with Gasteiger partial charge in [-0.2, -0.15) is 0 Å². The first-order chi connectivity index (χ1) is 13.9. The number of fused-ring (bicyclic) bond motifs is 1. The molecule has 0 unspecified atom stereocenters. The number of phenolic OH excluding ortho intramolecular Hbond substituents is 1. The van der Waals surface area contributed by atoms with Gasteiger partial charge in [0.1, 0.15) is 11.5 Å². The number of ether oxygens (including phenoxy) is 1. The van der Waals surface area contributed by atoms with E-state index in [-0.39, 0.29) is 5.54 Å². The summed E-state index contributed by atoms with van der Waals surface area (Å²) in [4.78, 5) is 7.77. The minimum atomic E-state index is 0.163. The molecule has 0 bridgehead atoms. The topological polar surface area (TPSA) is 39.2 Å². The normalized spacial score (nSPS) is 22.9. The second-order valence-electron chi connectivity index (χ2n) is 9.04. The molecule has 0 aromatic heterocycles. The second kappa shape index (κ2) is 8.34. The van der Waals surface area contributed by atoms with Crippen LogP contribution in [0.3, 0.4) is 0 Å². The van der Waals surface area contributed by atoms with Crippen molar-refractivity contribution < 1.29 is 9.84 Å². The number of rotatable bonds is 5. The number of aromatic hydroxyl groups is 1. The molecule has 2 aliphatic rings. The Bertz CT molecular complexity index is 821. The maximum atomic E-state index is 10.1. The number of methoxy groups -OCH3 is 1. The number of para-hydroxylation sites is 1. The molecule has 156 valence electrons. The Kier molecular flexibility index (Phi) is 5.81. The van der Waals surface area contributed by atoms with Gasteiger partial charge in [0.25, 0.3) is 0 Å². The lowest BCUT2D eigenvalue weighted by atomic mass is 9.92. The predicted molar refractivity (Wildman–Crippen MR) is 116 cm³/mol. The summed E-state index contributed by atoms with van der Waals surface area (Å²) >= 11 is 0. The third kappa shape index (κ3) is 4.58. The van der Waals surface area contributed by atoms with E-state index in [0.29, 0.717) is 11.8 Å². The molecular weight excluding hydrogens is 362 g/mol. The second-order valence-corrected chi connectivity index (χ2v) is 9.04. The molecule has 0 aliphatic carbocycles. The number of hydrogen-bond donors (Lipinski definition) is 1. The summed E-state index contributed by atoms with van der Waals surface area (Å²) in [7, 11) is 1.71. The number of benzene rings is 2.